The third kappa shape index (κ3) is 6.08. The molecule has 0 atom stereocenters. The van der Waals surface area contributed by atoms with Gasteiger partial charge in [0.15, 0.2) is 5.82 Å². The minimum absolute atomic E-state index is 0.592. The van der Waals surface area contributed by atoms with Crippen LogP contribution in [0.15, 0.2) is 42.7 Å². The maximum absolute atomic E-state index is 5.84. The number of ether oxygens (including phenoxy) is 2. The molecule has 0 aliphatic rings. The van der Waals surface area contributed by atoms with Crippen molar-refractivity contribution in [1.82, 2.24) is 40.4 Å². The zero-order valence-electron chi connectivity index (χ0n) is 22.1. The second-order valence-electron chi connectivity index (χ2n) is 9.09. The Morgan fingerprint density at radius 2 is 1.73 bits per heavy atom. The lowest BCUT2D eigenvalue weighted by Gasteiger charge is -2.27. The number of nitrogens with one attached hydrogen (secondary N) is 1. The molecule has 37 heavy (non-hydrogen) atoms. The zero-order valence-corrected chi connectivity index (χ0v) is 22.1. The van der Waals surface area contributed by atoms with E-state index in [2.05, 4.69) is 63.7 Å². The molecule has 0 fully saturated rings. The number of aromatic nitrogens is 8. The Hall–Kier alpha value is -3.50. The van der Waals surface area contributed by atoms with Gasteiger partial charge in [-0.05, 0) is 40.5 Å². The number of hydrogen-bond acceptors (Lipinski definition) is 8. The molecule has 10 heteroatoms. The first-order chi connectivity index (χ1) is 18.1. The van der Waals surface area contributed by atoms with Gasteiger partial charge in [0.05, 0.1) is 0 Å². The largest absolute Gasteiger partial charge is 0.347 e. The third-order valence-electron chi connectivity index (χ3n) is 6.63. The van der Waals surface area contributed by atoms with Crippen LogP contribution in [0.4, 0.5) is 0 Å². The average molecular weight is 505 g/mol. The molecule has 0 amide bonds. The molecule has 0 spiro atoms. The highest BCUT2D eigenvalue weighted by molar-refractivity contribution is 5.79. The van der Waals surface area contributed by atoms with Gasteiger partial charge in [-0.1, -0.05) is 57.4 Å². The first-order valence-electron chi connectivity index (χ1n) is 13.0. The van der Waals surface area contributed by atoms with E-state index in [1.165, 1.54) is 0 Å². The van der Waals surface area contributed by atoms with Crippen LogP contribution < -0.4 is 0 Å². The molecule has 0 bridgehead atoms. The first-order valence-corrected chi connectivity index (χ1v) is 13.0. The van der Waals surface area contributed by atoms with Gasteiger partial charge in [-0.25, -0.2) is 14.8 Å². The minimum atomic E-state index is -0.934. The van der Waals surface area contributed by atoms with Crippen molar-refractivity contribution >= 4 is 0 Å². The monoisotopic (exact) mass is 504 g/mol. The number of methoxy groups -OCH3 is 2. The van der Waals surface area contributed by atoms with Gasteiger partial charge >= 0.3 is 0 Å². The van der Waals surface area contributed by atoms with Crippen LogP contribution in [-0.4, -0.2) is 54.6 Å². The number of unbranched alkanes of at least 4 members (excludes halogenated alkanes) is 3. The fourth-order valence-corrected chi connectivity index (χ4v) is 4.44. The summed E-state index contributed by atoms with van der Waals surface area (Å²) in [5, 5.41) is 19.2. The number of pyridine rings is 1. The number of tetrazole rings is 1. The van der Waals surface area contributed by atoms with E-state index >= 15 is 0 Å². The molecule has 0 unspecified atom stereocenters. The van der Waals surface area contributed by atoms with Crippen molar-refractivity contribution in [2.24, 2.45) is 0 Å². The van der Waals surface area contributed by atoms with Gasteiger partial charge in [-0.3, -0.25) is 4.98 Å². The fraction of sp³-hybridized carbons (Fsp3) is 0.481. The van der Waals surface area contributed by atoms with Gasteiger partial charge < -0.3 is 9.47 Å². The Labute approximate surface area is 217 Å². The third-order valence-corrected chi connectivity index (χ3v) is 6.63. The van der Waals surface area contributed by atoms with Gasteiger partial charge in [0, 0.05) is 57.1 Å². The van der Waals surface area contributed by atoms with Crippen molar-refractivity contribution in [3.63, 3.8) is 0 Å². The number of benzene rings is 1. The number of aromatic amines is 1. The predicted octanol–water partition coefficient (Wildman–Crippen LogP) is 4.94. The Morgan fingerprint density at radius 1 is 0.946 bits per heavy atom. The van der Waals surface area contributed by atoms with Crippen molar-refractivity contribution in [2.45, 2.75) is 71.1 Å². The minimum Gasteiger partial charge on any atom is -0.347 e. The summed E-state index contributed by atoms with van der Waals surface area (Å²) in [6.07, 6.45) is 10.3. The highest BCUT2D eigenvalue weighted by Crippen LogP contribution is 2.31. The Morgan fingerprint density at radius 3 is 2.41 bits per heavy atom. The lowest BCUT2D eigenvalue weighted by molar-refractivity contribution is -0.226. The maximum Gasteiger partial charge on any atom is 0.231 e. The molecular formula is C27H36N8O2. The topological polar surface area (TPSA) is 117 Å². The number of rotatable bonds is 14. The van der Waals surface area contributed by atoms with E-state index in [0.717, 1.165) is 66.7 Å². The van der Waals surface area contributed by atoms with Crippen LogP contribution in [-0.2, 0) is 28.2 Å². The summed E-state index contributed by atoms with van der Waals surface area (Å²) in [5.41, 5.74) is 4.03. The Bertz CT molecular complexity index is 1230. The lowest BCUT2D eigenvalue weighted by atomic mass is 9.99. The molecule has 0 aliphatic heterocycles. The van der Waals surface area contributed by atoms with Crippen molar-refractivity contribution in [3.8, 4) is 22.5 Å². The molecule has 0 radical (unpaired) electrons. The van der Waals surface area contributed by atoms with E-state index in [0.29, 0.717) is 24.5 Å². The molecule has 4 rings (SSSR count). The van der Waals surface area contributed by atoms with E-state index in [-0.39, 0.29) is 0 Å². The summed E-state index contributed by atoms with van der Waals surface area (Å²) in [6, 6.07) is 10.3. The van der Waals surface area contributed by atoms with E-state index in [4.69, 9.17) is 19.6 Å². The normalized spacial score (nSPS) is 11.8. The summed E-state index contributed by atoms with van der Waals surface area (Å²) >= 11 is 0. The predicted molar refractivity (Wildman–Crippen MR) is 140 cm³/mol. The Balaban J connectivity index is 1.61. The van der Waals surface area contributed by atoms with E-state index in [9.17, 15) is 0 Å². The van der Waals surface area contributed by atoms with E-state index < -0.39 is 5.79 Å². The van der Waals surface area contributed by atoms with Gasteiger partial charge in [-0.15, -0.1) is 5.10 Å². The number of aryl methyl sites for hydroxylation is 1. The summed E-state index contributed by atoms with van der Waals surface area (Å²) in [7, 11) is 3.33. The van der Waals surface area contributed by atoms with Gasteiger partial charge in [-0.2, -0.15) is 5.10 Å². The van der Waals surface area contributed by atoms with Gasteiger partial charge in [0.2, 0.25) is 11.6 Å². The molecule has 1 aromatic carbocycles. The maximum atomic E-state index is 5.84. The lowest BCUT2D eigenvalue weighted by Crippen LogP contribution is -2.32. The summed E-state index contributed by atoms with van der Waals surface area (Å²) in [4.78, 5) is 9.25. The van der Waals surface area contributed by atoms with Crippen LogP contribution in [0, 0.1) is 0 Å². The highest BCUT2D eigenvalue weighted by atomic mass is 16.7. The summed E-state index contributed by atoms with van der Waals surface area (Å²) in [5.74, 6) is 1.17. The molecule has 0 saturated heterocycles. The molecule has 0 saturated carbocycles. The quantitative estimate of drug-likeness (QED) is 0.190. The van der Waals surface area contributed by atoms with Gasteiger partial charge in [0.25, 0.3) is 0 Å². The van der Waals surface area contributed by atoms with Crippen molar-refractivity contribution in [3.05, 3.63) is 59.9 Å². The average Bonchev–Trinajstić information content (AvgIpc) is 3.62. The van der Waals surface area contributed by atoms with Crippen LogP contribution in [0.1, 0.15) is 69.6 Å². The van der Waals surface area contributed by atoms with E-state index in [1.807, 2.05) is 16.9 Å². The van der Waals surface area contributed by atoms with Crippen LogP contribution in [0.25, 0.3) is 22.5 Å². The smallest absolute Gasteiger partial charge is 0.231 e. The molecule has 10 nitrogen and oxygen atoms in total. The molecule has 1 N–H and O–H groups in total. The van der Waals surface area contributed by atoms with Crippen molar-refractivity contribution in [2.75, 3.05) is 14.2 Å². The Kier molecular flexibility index (Phi) is 9.08. The highest BCUT2D eigenvalue weighted by Gasteiger charge is 2.37. The second-order valence-corrected chi connectivity index (χ2v) is 9.09. The molecule has 3 aromatic heterocycles. The molecule has 3 heterocycles. The van der Waals surface area contributed by atoms with Gasteiger partial charge in [0.1, 0.15) is 5.82 Å². The number of hydrogen-bond donors (Lipinski definition) is 1. The van der Waals surface area contributed by atoms with Crippen molar-refractivity contribution < 1.29 is 9.47 Å². The molecule has 196 valence electrons. The van der Waals surface area contributed by atoms with Crippen molar-refractivity contribution in [1.29, 1.82) is 0 Å². The second kappa shape index (κ2) is 12.6. The van der Waals surface area contributed by atoms with Crippen LogP contribution in [0.5, 0.6) is 0 Å². The standard InChI is InChI=1S/C27H36N8O2/c1-5-7-9-17-35-24(29-26(32-35)27(36-3,37-4)15-8-6-2)18-20-10-12-21(13-11-20)23-19-28-16-14-22(23)25-30-33-34-31-25/h10-14,16,19H,5-9,15,17-18H2,1-4H3,(H,30,31,33,34). The fourth-order valence-electron chi connectivity index (χ4n) is 4.44. The summed E-state index contributed by atoms with van der Waals surface area (Å²) < 4.78 is 13.7. The zero-order chi connectivity index (χ0) is 26.1. The van der Waals surface area contributed by atoms with Crippen LogP contribution in [0.3, 0.4) is 0 Å². The summed E-state index contributed by atoms with van der Waals surface area (Å²) in [6.45, 7) is 5.17. The molecule has 4 aromatic rings. The van der Waals surface area contributed by atoms with E-state index in [1.54, 1.807) is 20.4 Å². The molecule has 0 aliphatic carbocycles. The first kappa shape index (κ1) is 26.6. The SMILES string of the molecule is CCCCCn1nc(C(CCCC)(OC)OC)nc1Cc1ccc(-c2cnccc2-c2nnn[nH]2)cc1. The molecular weight excluding hydrogens is 468 g/mol. The van der Waals surface area contributed by atoms with Crippen LogP contribution >= 0.6 is 0 Å². The number of nitrogens with zero attached hydrogens (tertiary/aromatic N) is 7. The van der Waals surface area contributed by atoms with Crippen LogP contribution in [0.2, 0.25) is 0 Å². The number of H-pyrrole nitrogens is 1.